The van der Waals surface area contributed by atoms with Crippen molar-refractivity contribution in [2.75, 3.05) is 26.4 Å². The van der Waals surface area contributed by atoms with E-state index in [1.807, 2.05) is 37.3 Å². The lowest BCUT2D eigenvalue weighted by Crippen LogP contribution is -2.43. The number of rotatable bonds is 19. The number of furan rings is 1. The lowest BCUT2D eigenvalue weighted by molar-refractivity contribution is -0.182. The van der Waals surface area contributed by atoms with Crippen LogP contribution >= 0.6 is 0 Å². The molecule has 4 amide bonds. The van der Waals surface area contributed by atoms with Crippen LogP contribution in [0.15, 0.2) is 65.1 Å². The van der Waals surface area contributed by atoms with Crippen LogP contribution in [0.3, 0.4) is 0 Å². The van der Waals surface area contributed by atoms with Crippen LogP contribution in [-0.2, 0) is 21.0 Å². The van der Waals surface area contributed by atoms with Gasteiger partial charge in [-0.1, -0.05) is 56.5 Å². The first-order valence-corrected chi connectivity index (χ1v) is 14.8. The molecule has 0 bridgehead atoms. The molecule has 235 valence electrons. The largest absolute Gasteiger partial charge is 0.494 e. The minimum atomic E-state index is -0.532. The van der Waals surface area contributed by atoms with Crippen molar-refractivity contribution >= 4 is 24.1 Å². The standard InChI is InChI=1S/C33H41N4O7/c1-4-7-9-14-25(20-37(23-38)43-21-24-12-10-8-11-13-24)31(39)35-22-36-33(41)30-16-15-29(44-30)26-17-27(32(40)34-5-2)19-28(18-26)42-6-3/h8,10-13,15-19,23,25H,2,4-7,9,14,20-22H2,1,3H3,(H,34,40)(H,35,39)(H,36,41). The second-order valence-corrected chi connectivity index (χ2v) is 9.98. The van der Waals surface area contributed by atoms with Gasteiger partial charge in [0.15, 0.2) is 5.76 Å². The fourth-order valence-corrected chi connectivity index (χ4v) is 4.42. The van der Waals surface area contributed by atoms with Gasteiger partial charge in [-0.3, -0.25) is 24.0 Å². The van der Waals surface area contributed by atoms with Crippen LogP contribution in [0.1, 0.15) is 66.0 Å². The van der Waals surface area contributed by atoms with Gasteiger partial charge in [-0.15, -0.1) is 0 Å². The van der Waals surface area contributed by atoms with E-state index in [9.17, 15) is 19.2 Å². The fraction of sp³-hybridized carbons (Fsp3) is 0.364. The van der Waals surface area contributed by atoms with E-state index >= 15 is 0 Å². The molecule has 0 aliphatic carbocycles. The van der Waals surface area contributed by atoms with Gasteiger partial charge in [0.25, 0.3) is 11.8 Å². The maximum absolute atomic E-state index is 13.1. The number of carbonyl (C=O) groups excluding carboxylic acids is 4. The van der Waals surface area contributed by atoms with Gasteiger partial charge in [0.2, 0.25) is 12.3 Å². The second kappa shape index (κ2) is 18.1. The second-order valence-electron chi connectivity index (χ2n) is 9.98. The van der Waals surface area contributed by atoms with E-state index in [-0.39, 0.29) is 43.9 Å². The summed E-state index contributed by atoms with van der Waals surface area (Å²) in [4.78, 5) is 55.6. The summed E-state index contributed by atoms with van der Waals surface area (Å²) in [6.45, 7) is 8.32. The molecule has 0 fully saturated rings. The average molecular weight is 606 g/mol. The zero-order chi connectivity index (χ0) is 31.7. The third-order valence-corrected chi connectivity index (χ3v) is 6.68. The van der Waals surface area contributed by atoms with Gasteiger partial charge >= 0.3 is 0 Å². The van der Waals surface area contributed by atoms with Crippen LogP contribution in [-0.4, -0.2) is 55.6 Å². The summed E-state index contributed by atoms with van der Waals surface area (Å²) in [5.41, 5.74) is 1.82. The van der Waals surface area contributed by atoms with Crippen molar-refractivity contribution in [2.45, 2.75) is 46.1 Å². The zero-order valence-corrected chi connectivity index (χ0v) is 25.3. The van der Waals surface area contributed by atoms with E-state index in [1.54, 1.807) is 24.3 Å². The molecule has 1 heterocycles. The predicted octanol–water partition coefficient (Wildman–Crippen LogP) is 4.50. The molecule has 1 atom stereocenters. The van der Waals surface area contributed by atoms with Crippen molar-refractivity contribution < 1.29 is 33.2 Å². The number of nitrogens with one attached hydrogen (secondary N) is 3. The number of unbranched alkanes of at least 4 members (excludes halogenated alkanes) is 2. The Labute approximate surface area is 258 Å². The Morgan fingerprint density at radius 2 is 1.77 bits per heavy atom. The molecule has 0 spiro atoms. The molecule has 2 aromatic carbocycles. The van der Waals surface area contributed by atoms with Crippen molar-refractivity contribution in [1.29, 1.82) is 0 Å². The molecular formula is C33H41N4O7. The van der Waals surface area contributed by atoms with Crippen LogP contribution < -0.4 is 20.7 Å². The normalized spacial score (nSPS) is 11.3. The van der Waals surface area contributed by atoms with Crippen molar-refractivity contribution in [3.8, 4) is 17.1 Å². The van der Waals surface area contributed by atoms with Gasteiger partial charge in [-0.05, 0) is 56.2 Å². The summed E-state index contributed by atoms with van der Waals surface area (Å²) in [5, 5.41) is 9.15. The van der Waals surface area contributed by atoms with Gasteiger partial charge in [0.05, 0.1) is 25.7 Å². The number of ether oxygens (including phenoxy) is 1. The molecule has 1 unspecified atom stereocenters. The molecule has 1 aromatic heterocycles. The number of hydrogen-bond acceptors (Lipinski definition) is 7. The van der Waals surface area contributed by atoms with Gasteiger partial charge in [0.1, 0.15) is 18.1 Å². The van der Waals surface area contributed by atoms with E-state index < -0.39 is 11.8 Å². The smallest absolute Gasteiger partial charge is 0.288 e. The Balaban J connectivity index is 1.59. The van der Waals surface area contributed by atoms with Gasteiger partial charge in [0, 0.05) is 17.7 Å². The molecule has 1 radical (unpaired) electrons. The number of hydrogen-bond donors (Lipinski definition) is 3. The SMILES string of the molecule is [CH2]CNC(=O)c1cc(OCC)cc(-c2ccc(C(=O)NCNC(=O)C(CCCCC)CN(C=O)OCc3ccccc3)o2)c1. The van der Waals surface area contributed by atoms with Crippen molar-refractivity contribution in [3.05, 3.63) is 84.5 Å². The molecule has 0 saturated carbocycles. The number of amides is 4. The molecule has 0 aliphatic heterocycles. The minimum Gasteiger partial charge on any atom is -0.494 e. The maximum Gasteiger partial charge on any atom is 0.288 e. The summed E-state index contributed by atoms with van der Waals surface area (Å²) in [7, 11) is 0. The van der Waals surface area contributed by atoms with E-state index in [4.69, 9.17) is 14.0 Å². The highest BCUT2D eigenvalue weighted by molar-refractivity contribution is 5.96. The maximum atomic E-state index is 13.1. The average Bonchev–Trinajstić information content (AvgIpc) is 3.54. The molecule has 0 saturated heterocycles. The Hall–Kier alpha value is -4.64. The highest BCUT2D eigenvalue weighted by Gasteiger charge is 2.22. The first-order chi connectivity index (χ1) is 21.4. The first-order valence-electron chi connectivity index (χ1n) is 14.8. The van der Waals surface area contributed by atoms with Crippen LogP contribution in [0.2, 0.25) is 0 Å². The van der Waals surface area contributed by atoms with Gasteiger partial charge in [-0.2, -0.15) is 0 Å². The Kier molecular flexibility index (Phi) is 13.9. The van der Waals surface area contributed by atoms with Crippen molar-refractivity contribution in [3.63, 3.8) is 0 Å². The topological polar surface area (TPSA) is 139 Å². The van der Waals surface area contributed by atoms with E-state index in [0.29, 0.717) is 42.1 Å². The summed E-state index contributed by atoms with van der Waals surface area (Å²) < 4.78 is 11.4. The Morgan fingerprint density at radius 1 is 0.977 bits per heavy atom. The number of nitrogens with zero attached hydrogens (tertiary/aromatic N) is 1. The summed E-state index contributed by atoms with van der Waals surface area (Å²) >= 11 is 0. The minimum absolute atomic E-state index is 0.0285. The molecule has 3 aromatic rings. The quantitative estimate of drug-likeness (QED) is 0.0791. The molecule has 11 heteroatoms. The first kappa shape index (κ1) is 33.9. The predicted molar refractivity (Wildman–Crippen MR) is 165 cm³/mol. The highest BCUT2D eigenvalue weighted by atomic mass is 16.7. The molecule has 44 heavy (non-hydrogen) atoms. The number of hydroxylamine groups is 2. The third-order valence-electron chi connectivity index (χ3n) is 6.68. The van der Waals surface area contributed by atoms with Crippen LogP contribution in [0.25, 0.3) is 11.3 Å². The summed E-state index contributed by atoms with van der Waals surface area (Å²) in [5.74, 6) is -0.799. The van der Waals surface area contributed by atoms with E-state index in [1.165, 1.54) is 6.07 Å². The Morgan fingerprint density at radius 3 is 2.48 bits per heavy atom. The summed E-state index contributed by atoms with van der Waals surface area (Å²) in [6.07, 6.45) is 3.87. The van der Waals surface area contributed by atoms with Crippen molar-refractivity contribution in [1.82, 2.24) is 21.0 Å². The molecule has 11 nitrogen and oxygen atoms in total. The molecule has 0 aliphatic rings. The van der Waals surface area contributed by atoms with Gasteiger partial charge < -0.3 is 25.1 Å². The number of carbonyl (C=O) groups is 4. The molecule has 3 N–H and O–H groups in total. The molecular weight excluding hydrogens is 564 g/mol. The zero-order valence-electron chi connectivity index (χ0n) is 25.3. The molecule has 3 rings (SSSR count). The van der Waals surface area contributed by atoms with Crippen molar-refractivity contribution in [2.24, 2.45) is 5.92 Å². The van der Waals surface area contributed by atoms with Crippen LogP contribution in [0.4, 0.5) is 0 Å². The van der Waals surface area contributed by atoms with Gasteiger partial charge in [-0.25, -0.2) is 5.06 Å². The lowest BCUT2D eigenvalue weighted by Gasteiger charge is -2.23. The van der Waals surface area contributed by atoms with Crippen LogP contribution in [0.5, 0.6) is 5.75 Å². The van der Waals surface area contributed by atoms with E-state index in [0.717, 1.165) is 29.9 Å². The monoisotopic (exact) mass is 605 g/mol. The third kappa shape index (κ3) is 10.6. The fourth-order valence-electron chi connectivity index (χ4n) is 4.42. The Bertz CT molecular complexity index is 1360. The lowest BCUT2D eigenvalue weighted by atomic mass is 10.0. The summed E-state index contributed by atoms with van der Waals surface area (Å²) in [6, 6.07) is 17.5. The van der Waals surface area contributed by atoms with Crippen LogP contribution in [0, 0.1) is 12.8 Å². The number of benzene rings is 2. The van der Waals surface area contributed by atoms with E-state index in [2.05, 4.69) is 29.8 Å². The highest BCUT2D eigenvalue weighted by Crippen LogP contribution is 2.28.